The van der Waals surface area contributed by atoms with Gasteiger partial charge in [-0.3, -0.25) is 9.78 Å². The van der Waals surface area contributed by atoms with Gasteiger partial charge in [-0.2, -0.15) is 4.37 Å². The first-order valence-electron chi connectivity index (χ1n) is 4.24. The Morgan fingerprint density at radius 1 is 1.43 bits per heavy atom. The standard InChI is InChI=1S/C8H10N4OS/c1-3(2)6-4-5(12-14-6)7(13)11-8(9)10-4/h3H,1-2H3,(H3,9,10,11,13). The molecule has 0 amide bonds. The zero-order valence-electron chi connectivity index (χ0n) is 7.87. The quantitative estimate of drug-likeness (QED) is 0.737. The number of fused-ring (bicyclic) bond motifs is 1. The lowest BCUT2D eigenvalue weighted by Crippen LogP contribution is -2.11. The van der Waals surface area contributed by atoms with Crippen LogP contribution >= 0.6 is 11.5 Å². The molecule has 0 unspecified atom stereocenters. The maximum atomic E-state index is 11.4. The molecule has 0 radical (unpaired) electrons. The molecule has 0 spiro atoms. The van der Waals surface area contributed by atoms with Crippen molar-refractivity contribution in [2.45, 2.75) is 19.8 Å². The molecule has 0 atom stereocenters. The summed E-state index contributed by atoms with van der Waals surface area (Å²) in [5, 5.41) is 0. The molecule has 0 aliphatic heterocycles. The Hall–Kier alpha value is -1.43. The van der Waals surface area contributed by atoms with Gasteiger partial charge in [-0.25, -0.2) is 4.98 Å². The smallest absolute Gasteiger partial charge is 0.279 e. The minimum atomic E-state index is -0.268. The summed E-state index contributed by atoms with van der Waals surface area (Å²) in [6.45, 7) is 4.07. The summed E-state index contributed by atoms with van der Waals surface area (Å²) in [5.41, 5.74) is 6.21. The second-order valence-corrected chi connectivity index (χ2v) is 4.15. The topological polar surface area (TPSA) is 84.7 Å². The van der Waals surface area contributed by atoms with Crippen LogP contribution in [0.1, 0.15) is 24.6 Å². The second kappa shape index (κ2) is 3.06. The fourth-order valence-corrected chi connectivity index (χ4v) is 2.06. The van der Waals surface area contributed by atoms with E-state index in [4.69, 9.17) is 5.73 Å². The summed E-state index contributed by atoms with van der Waals surface area (Å²) in [4.78, 5) is 18.9. The fourth-order valence-electron chi connectivity index (χ4n) is 1.26. The normalized spacial score (nSPS) is 11.4. The summed E-state index contributed by atoms with van der Waals surface area (Å²) < 4.78 is 4.06. The highest BCUT2D eigenvalue weighted by Gasteiger charge is 2.13. The van der Waals surface area contributed by atoms with E-state index in [1.807, 2.05) is 13.8 Å². The molecule has 5 nitrogen and oxygen atoms in total. The number of hydrogen-bond donors (Lipinski definition) is 2. The number of rotatable bonds is 1. The first-order valence-corrected chi connectivity index (χ1v) is 5.02. The summed E-state index contributed by atoms with van der Waals surface area (Å²) >= 11 is 1.31. The van der Waals surface area contributed by atoms with Crippen LogP contribution in [0.3, 0.4) is 0 Å². The molecule has 2 aromatic rings. The number of nitrogens with two attached hydrogens (primary N) is 1. The van der Waals surface area contributed by atoms with E-state index in [0.29, 0.717) is 17.0 Å². The third-order valence-corrected chi connectivity index (χ3v) is 3.04. The summed E-state index contributed by atoms with van der Waals surface area (Å²) in [7, 11) is 0. The van der Waals surface area contributed by atoms with E-state index in [1.165, 1.54) is 11.5 Å². The Balaban J connectivity index is 2.85. The van der Waals surface area contributed by atoms with E-state index in [0.717, 1.165) is 4.88 Å². The maximum absolute atomic E-state index is 11.4. The van der Waals surface area contributed by atoms with Gasteiger partial charge >= 0.3 is 0 Å². The summed E-state index contributed by atoms with van der Waals surface area (Å²) in [5.74, 6) is 0.448. The largest absolute Gasteiger partial charge is 0.369 e. The number of H-pyrrole nitrogens is 1. The molecule has 0 saturated heterocycles. The highest BCUT2D eigenvalue weighted by molar-refractivity contribution is 7.07. The van der Waals surface area contributed by atoms with Gasteiger partial charge in [0.25, 0.3) is 5.56 Å². The van der Waals surface area contributed by atoms with Gasteiger partial charge in [0.2, 0.25) is 5.95 Å². The number of aromatic nitrogens is 3. The number of nitrogens with zero attached hydrogens (tertiary/aromatic N) is 2. The second-order valence-electron chi connectivity index (χ2n) is 3.35. The van der Waals surface area contributed by atoms with Crippen molar-refractivity contribution in [2.24, 2.45) is 0 Å². The molecular formula is C8H10N4OS. The molecular weight excluding hydrogens is 200 g/mol. The Morgan fingerprint density at radius 2 is 2.14 bits per heavy atom. The van der Waals surface area contributed by atoms with Crippen molar-refractivity contribution >= 4 is 28.5 Å². The number of hydrogen-bond acceptors (Lipinski definition) is 5. The highest BCUT2D eigenvalue weighted by atomic mass is 32.1. The van der Waals surface area contributed by atoms with Crippen LogP contribution < -0.4 is 11.3 Å². The van der Waals surface area contributed by atoms with Crippen molar-refractivity contribution in [3.63, 3.8) is 0 Å². The third kappa shape index (κ3) is 1.27. The molecule has 3 N–H and O–H groups in total. The van der Waals surface area contributed by atoms with Gasteiger partial charge < -0.3 is 5.73 Å². The predicted molar refractivity (Wildman–Crippen MR) is 56.5 cm³/mol. The molecule has 74 valence electrons. The van der Waals surface area contributed by atoms with Gasteiger partial charge in [0.1, 0.15) is 5.52 Å². The van der Waals surface area contributed by atoms with E-state index in [-0.39, 0.29) is 11.5 Å². The van der Waals surface area contributed by atoms with Gasteiger partial charge in [-0.05, 0) is 17.5 Å². The van der Waals surface area contributed by atoms with Crippen molar-refractivity contribution in [1.29, 1.82) is 0 Å². The van der Waals surface area contributed by atoms with Crippen LogP contribution in [-0.2, 0) is 0 Å². The Bertz CT molecular complexity index is 528. The van der Waals surface area contributed by atoms with E-state index in [2.05, 4.69) is 14.3 Å². The lowest BCUT2D eigenvalue weighted by Gasteiger charge is -1.99. The molecule has 2 aromatic heterocycles. The first kappa shape index (κ1) is 9.14. The Labute approximate surface area is 84.1 Å². The zero-order valence-corrected chi connectivity index (χ0v) is 8.68. The predicted octanol–water partition coefficient (Wildman–Crippen LogP) is 1.09. The zero-order chi connectivity index (χ0) is 10.3. The SMILES string of the molecule is CC(C)c1snc2c(=O)[nH]c(N)nc12. The molecule has 0 bridgehead atoms. The highest BCUT2D eigenvalue weighted by Crippen LogP contribution is 2.25. The Kier molecular flexibility index (Phi) is 1.99. The van der Waals surface area contributed by atoms with Crippen LogP contribution in [0.5, 0.6) is 0 Å². The molecule has 14 heavy (non-hydrogen) atoms. The van der Waals surface area contributed by atoms with Crippen LogP contribution in [0.25, 0.3) is 11.0 Å². The van der Waals surface area contributed by atoms with Crippen LogP contribution in [-0.4, -0.2) is 14.3 Å². The van der Waals surface area contributed by atoms with Gasteiger partial charge in [0.05, 0.1) is 4.88 Å². The number of anilines is 1. The number of aromatic amines is 1. The van der Waals surface area contributed by atoms with Crippen molar-refractivity contribution < 1.29 is 0 Å². The van der Waals surface area contributed by atoms with Crippen LogP contribution in [0.4, 0.5) is 5.95 Å². The van der Waals surface area contributed by atoms with Crippen molar-refractivity contribution in [3.05, 3.63) is 15.2 Å². The summed E-state index contributed by atoms with van der Waals surface area (Å²) in [6, 6.07) is 0. The monoisotopic (exact) mass is 210 g/mol. The molecule has 0 aromatic carbocycles. The minimum absolute atomic E-state index is 0.143. The first-order chi connectivity index (χ1) is 6.59. The van der Waals surface area contributed by atoms with E-state index in [1.54, 1.807) is 0 Å². The average Bonchev–Trinajstić information content (AvgIpc) is 2.47. The molecule has 6 heteroatoms. The van der Waals surface area contributed by atoms with Crippen molar-refractivity contribution in [2.75, 3.05) is 5.73 Å². The molecule has 2 heterocycles. The van der Waals surface area contributed by atoms with Crippen molar-refractivity contribution in [3.8, 4) is 0 Å². The molecule has 2 rings (SSSR count). The van der Waals surface area contributed by atoms with Gasteiger partial charge in [0.15, 0.2) is 5.52 Å². The average molecular weight is 210 g/mol. The van der Waals surface area contributed by atoms with Crippen LogP contribution in [0.2, 0.25) is 0 Å². The fraction of sp³-hybridized carbons (Fsp3) is 0.375. The Morgan fingerprint density at radius 3 is 2.79 bits per heavy atom. The molecule has 0 aliphatic carbocycles. The van der Waals surface area contributed by atoms with E-state index in [9.17, 15) is 4.79 Å². The van der Waals surface area contributed by atoms with Gasteiger partial charge in [0, 0.05) is 0 Å². The molecule has 0 aliphatic rings. The number of nitrogen functional groups attached to an aromatic ring is 1. The van der Waals surface area contributed by atoms with Crippen LogP contribution in [0, 0.1) is 0 Å². The molecule has 0 saturated carbocycles. The van der Waals surface area contributed by atoms with Crippen LogP contribution in [0.15, 0.2) is 4.79 Å². The maximum Gasteiger partial charge on any atom is 0.279 e. The minimum Gasteiger partial charge on any atom is -0.369 e. The van der Waals surface area contributed by atoms with E-state index >= 15 is 0 Å². The third-order valence-electron chi connectivity index (χ3n) is 1.91. The van der Waals surface area contributed by atoms with E-state index < -0.39 is 0 Å². The summed E-state index contributed by atoms with van der Waals surface area (Å²) in [6.07, 6.45) is 0. The molecule has 0 fully saturated rings. The number of nitrogens with one attached hydrogen (secondary N) is 1. The van der Waals surface area contributed by atoms with Gasteiger partial charge in [-0.15, -0.1) is 0 Å². The lowest BCUT2D eigenvalue weighted by atomic mass is 10.1. The van der Waals surface area contributed by atoms with Gasteiger partial charge in [-0.1, -0.05) is 13.8 Å². The lowest BCUT2D eigenvalue weighted by molar-refractivity contribution is 0.893. The van der Waals surface area contributed by atoms with Crippen molar-refractivity contribution in [1.82, 2.24) is 14.3 Å².